The Morgan fingerprint density at radius 2 is 1.59 bits per heavy atom. The van der Waals surface area contributed by atoms with Crippen molar-refractivity contribution in [1.82, 2.24) is 0 Å². The number of hydrogen-bond donors (Lipinski definition) is 1. The number of nitrogens with zero attached hydrogens (tertiary/aromatic N) is 1. The van der Waals surface area contributed by atoms with Gasteiger partial charge < -0.3 is 14.8 Å². The summed E-state index contributed by atoms with van der Waals surface area (Å²) in [5, 5.41) is 3.38. The van der Waals surface area contributed by atoms with Crippen LogP contribution in [-0.4, -0.2) is 35.1 Å². The largest absolute Gasteiger partial charge is 0.495 e. The summed E-state index contributed by atoms with van der Waals surface area (Å²) in [6.07, 6.45) is 0. The zero-order chi connectivity index (χ0) is 25.0. The SMILES string of the molecule is COc1ccc(N(CC(=O)Nc2cc(Cl)ccc2Cl)S(=O)(=O)c2cc(C)ccc2OC)cc1Cl. The fourth-order valence-electron chi connectivity index (χ4n) is 3.14. The van der Waals surface area contributed by atoms with Crippen LogP contribution >= 0.6 is 34.8 Å². The molecule has 0 unspecified atom stereocenters. The molecule has 11 heteroatoms. The number of halogens is 3. The molecular weight excluding hydrogens is 523 g/mol. The number of methoxy groups -OCH3 is 2. The molecule has 180 valence electrons. The zero-order valence-corrected chi connectivity index (χ0v) is 21.5. The third-order valence-corrected chi connectivity index (χ3v) is 7.46. The van der Waals surface area contributed by atoms with Gasteiger partial charge in [0.25, 0.3) is 10.0 Å². The van der Waals surface area contributed by atoms with Crippen LogP contribution in [0.15, 0.2) is 59.5 Å². The minimum absolute atomic E-state index is 0.101. The molecule has 7 nitrogen and oxygen atoms in total. The van der Waals surface area contributed by atoms with Gasteiger partial charge in [0.05, 0.1) is 35.6 Å². The molecule has 0 radical (unpaired) electrons. The van der Waals surface area contributed by atoms with Crippen molar-refractivity contribution in [2.24, 2.45) is 0 Å². The number of carbonyl (C=O) groups excluding carboxylic acids is 1. The zero-order valence-electron chi connectivity index (χ0n) is 18.4. The summed E-state index contributed by atoms with van der Waals surface area (Å²) in [5.74, 6) is -0.161. The van der Waals surface area contributed by atoms with Crippen LogP contribution in [0.3, 0.4) is 0 Å². The van der Waals surface area contributed by atoms with Crippen molar-refractivity contribution in [2.45, 2.75) is 11.8 Å². The van der Waals surface area contributed by atoms with Gasteiger partial charge in [0.1, 0.15) is 22.9 Å². The molecular formula is C23H21Cl3N2O5S. The van der Waals surface area contributed by atoms with E-state index < -0.39 is 22.5 Å². The molecule has 3 aromatic carbocycles. The second kappa shape index (κ2) is 10.7. The third-order valence-electron chi connectivity index (χ3n) is 4.80. The number of anilines is 2. The average Bonchev–Trinajstić information content (AvgIpc) is 2.79. The molecule has 0 saturated heterocycles. The summed E-state index contributed by atoms with van der Waals surface area (Å²) in [6.45, 7) is 1.17. The third kappa shape index (κ3) is 5.70. The number of aryl methyl sites for hydroxylation is 1. The number of ether oxygens (including phenoxy) is 2. The van der Waals surface area contributed by atoms with Gasteiger partial charge in [-0.05, 0) is 61.0 Å². The van der Waals surface area contributed by atoms with Crippen molar-refractivity contribution in [2.75, 3.05) is 30.4 Å². The maximum Gasteiger partial charge on any atom is 0.268 e. The van der Waals surface area contributed by atoms with E-state index in [1.54, 1.807) is 25.1 Å². The van der Waals surface area contributed by atoms with Gasteiger partial charge in [-0.15, -0.1) is 0 Å². The molecule has 3 rings (SSSR count). The number of hydrogen-bond acceptors (Lipinski definition) is 5. The number of nitrogens with one attached hydrogen (secondary N) is 1. The van der Waals surface area contributed by atoms with Crippen molar-refractivity contribution < 1.29 is 22.7 Å². The highest BCUT2D eigenvalue weighted by Crippen LogP contribution is 2.35. The summed E-state index contributed by atoms with van der Waals surface area (Å²) in [4.78, 5) is 12.9. The minimum Gasteiger partial charge on any atom is -0.495 e. The van der Waals surface area contributed by atoms with Gasteiger partial charge >= 0.3 is 0 Å². The molecule has 0 aliphatic carbocycles. The predicted octanol–water partition coefficient (Wildman–Crippen LogP) is 5.81. The Kier molecular flexibility index (Phi) is 8.20. The maximum atomic E-state index is 13.8. The molecule has 0 saturated carbocycles. The first-order valence-corrected chi connectivity index (χ1v) is 12.4. The Morgan fingerprint density at radius 1 is 0.912 bits per heavy atom. The highest BCUT2D eigenvalue weighted by Gasteiger charge is 2.31. The van der Waals surface area contributed by atoms with E-state index in [1.807, 2.05) is 0 Å². The van der Waals surface area contributed by atoms with Crippen LogP contribution in [0.2, 0.25) is 15.1 Å². The molecule has 0 atom stereocenters. The Labute approximate surface area is 213 Å². The quantitative estimate of drug-likeness (QED) is 0.388. The molecule has 0 aromatic heterocycles. The van der Waals surface area contributed by atoms with E-state index >= 15 is 0 Å². The monoisotopic (exact) mass is 542 g/mol. The Bertz CT molecular complexity index is 1330. The molecule has 0 fully saturated rings. The summed E-state index contributed by atoms with van der Waals surface area (Å²) in [7, 11) is -1.47. The van der Waals surface area contributed by atoms with Crippen LogP contribution in [0, 0.1) is 6.92 Å². The first-order chi connectivity index (χ1) is 16.1. The Hall–Kier alpha value is -2.65. The van der Waals surface area contributed by atoms with E-state index in [-0.39, 0.29) is 32.1 Å². The smallest absolute Gasteiger partial charge is 0.268 e. The molecule has 3 aromatic rings. The summed E-state index contributed by atoms with van der Waals surface area (Å²) in [5.41, 5.74) is 1.10. The van der Waals surface area contributed by atoms with E-state index in [0.29, 0.717) is 16.3 Å². The second-order valence-corrected chi connectivity index (χ2v) is 10.2. The van der Waals surface area contributed by atoms with E-state index in [1.165, 1.54) is 50.6 Å². The van der Waals surface area contributed by atoms with Gasteiger partial charge in [-0.3, -0.25) is 9.10 Å². The number of benzene rings is 3. The van der Waals surface area contributed by atoms with Crippen LogP contribution < -0.4 is 19.1 Å². The number of amides is 1. The summed E-state index contributed by atoms with van der Waals surface area (Å²) >= 11 is 18.4. The van der Waals surface area contributed by atoms with Crippen LogP contribution in [0.4, 0.5) is 11.4 Å². The van der Waals surface area contributed by atoms with Gasteiger partial charge in [-0.25, -0.2) is 8.42 Å². The summed E-state index contributed by atoms with van der Waals surface area (Å²) < 4.78 is 38.9. The van der Waals surface area contributed by atoms with E-state index in [4.69, 9.17) is 44.3 Å². The fraction of sp³-hybridized carbons (Fsp3) is 0.174. The topological polar surface area (TPSA) is 84.9 Å². The van der Waals surface area contributed by atoms with E-state index in [9.17, 15) is 13.2 Å². The lowest BCUT2D eigenvalue weighted by molar-refractivity contribution is -0.114. The van der Waals surface area contributed by atoms with Crippen molar-refractivity contribution in [3.63, 3.8) is 0 Å². The first-order valence-electron chi connectivity index (χ1n) is 9.82. The standard InChI is InChI=1S/C23H21Cl3N2O5S/c1-14-4-8-21(33-3)22(10-14)34(30,31)28(16-6-9-20(32-2)18(26)12-16)13-23(29)27-19-11-15(24)5-7-17(19)25/h4-12H,13H2,1-3H3,(H,27,29). The maximum absolute atomic E-state index is 13.8. The molecule has 0 spiro atoms. The molecule has 1 N–H and O–H groups in total. The predicted molar refractivity (Wildman–Crippen MR) is 135 cm³/mol. The highest BCUT2D eigenvalue weighted by atomic mass is 35.5. The molecule has 0 aliphatic heterocycles. The fourth-order valence-corrected chi connectivity index (χ4v) is 5.39. The van der Waals surface area contributed by atoms with Crippen LogP contribution in [0.25, 0.3) is 0 Å². The number of rotatable bonds is 8. The van der Waals surface area contributed by atoms with Gasteiger partial charge in [-0.1, -0.05) is 40.9 Å². The lowest BCUT2D eigenvalue weighted by Crippen LogP contribution is -2.38. The van der Waals surface area contributed by atoms with Crippen molar-refractivity contribution >= 4 is 62.1 Å². The lowest BCUT2D eigenvalue weighted by Gasteiger charge is -2.25. The van der Waals surface area contributed by atoms with Crippen molar-refractivity contribution in [1.29, 1.82) is 0 Å². The second-order valence-electron chi connectivity index (χ2n) is 7.16. The van der Waals surface area contributed by atoms with E-state index in [0.717, 1.165) is 4.31 Å². The van der Waals surface area contributed by atoms with Crippen LogP contribution in [0.1, 0.15) is 5.56 Å². The van der Waals surface area contributed by atoms with Gasteiger partial charge in [-0.2, -0.15) is 0 Å². The lowest BCUT2D eigenvalue weighted by atomic mass is 10.2. The molecule has 0 bridgehead atoms. The van der Waals surface area contributed by atoms with Gasteiger partial charge in [0.2, 0.25) is 5.91 Å². The van der Waals surface area contributed by atoms with Crippen molar-refractivity contribution in [3.8, 4) is 11.5 Å². The molecule has 34 heavy (non-hydrogen) atoms. The first kappa shape index (κ1) is 26.0. The van der Waals surface area contributed by atoms with Crippen LogP contribution in [-0.2, 0) is 14.8 Å². The van der Waals surface area contributed by atoms with Crippen molar-refractivity contribution in [3.05, 3.63) is 75.2 Å². The normalized spacial score (nSPS) is 11.1. The Balaban J connectivity index is 2.07. The average molecular weight is 544 g/mol. The van der Waals surface area contributed by atoms with E-state index in [2.05, 4.69) is 5.32 Å². The van der Waals surface area contributed by atoms with Crippen LogP contribution in [0.5, 0.6) is 11.5 Å². The van der Waals surface area contributed by atoms with Gasteiger partial charge in [0, 0.05) is 5.02 Å². The minimum atomic E-state index is -4.27. The Morgan fingerprint density at radius 3 is 2.24 bits per heavy atom. The number of carbonyl (C=O) groups is 1. The molecule has 0 heterocycles. The number of sulfonamides is 1. The highest BCUT2D eigenvalue weighted by molar-refractivity contribution is 7.93. The molecule has 1 amide bonds. The molecule has 0 aliphatic rings. The van der Waals surface area contributed by atoms with Gasteiger partial charge in [0.15, 0.2) is 0 Å². The summed E-state index contributed by atoms with van der Waals surface area (Å²) in [6, 6.07) is 13.7.